The van der Waals surface area contributed by atoms with Crippen LogP contribution in [0.3, 0.4) is 0 Å². The third-order valence-electron chi connectivity index (χ3n) is 12.8. The van der Waals surface area contributed by atoms with Gasteiger partial charge in [0.1, 0.15) is 11.6 Å². The number of hydrogen-bond acceptors (Lipinski definition) is 2. The molecule has 0 amide bonds. The highest BCUT2D eigenvalue weighted by Gasteiger charge is 2.25. The number of pyridine rings is 2. The molecule has 0 aliphatic carbocycles. The van der Waals surface area contributed by atoms with Crippen molar-refractivity contribution in [2.75, 3.05) is 0 Å². The third kappa shape index (κ3) is 6.33. The molecule has 0 bridgehead atoms. The van der Waals surface area contributed by atoms with Gasteiger partial charge in [-0.2, -0.15) is 0 Å². The standard InChI is InChI=1S/C59H38F2N4/c1-37-53(64-54-21-10-8-17-44(54)47-33-40(23-26-56(47)64)42-29-31-62-51(35-42)38-13-4-2-5-14-38)28-25-46(58-49(60)19-12-20-50(58)61)59(37)65-55-22-11-9-18-45(55)48-34-41(24-27-57(48)65)43-30-32-63-52(36-43)39-15-6-3-7-16-39/h2-36H,1H3. The topological polar surface area (TPSA) is 35.6 Å². The first-order valence-electron chi connectivity index (χ1n) is 21.7. The minimum absolute atomic E-state index is 0.0657. The molecule has 4 nitrogen and oxygen atoms in total. The van der Waals surface area contributed by atoms with Crippen molar-refractivity contribution < 1.29 is 8.78 Å². The lowest BCUT2D eigenvalue weighted by Crippen LogP contribution is -2.07. The Balaban J connectivity index is 1.09. The molecule has 0 aliphatic rings. The predicted molar refractivity (Wildman–Crippen MR) is 263 cm³/mol. The number of hydrogen-bond donors (Lipinski definition) is 0. The zero-order valence-corrected chi connectivity index (χ0v) is 35.3. The molecular formula is C59H38F2N4. The quantitative estimate of drug-likeness (QED) is 0.160. The van der Waals surface area contributed by atoms with E-state index in [0.717, 1.165) is 99.6 Å². The zero-order valence-electron chi connectivity index (χ0n) is 35.3. The highest BCUT2D eigenvalue weighted by molar-refractivity contribution is 6.13. The highest BCUT2D eigenvalue weighted by atomic mass is 19.1. The third-order valence-corrected chi connectivity index (χ3v) is 12.8. The van der Waals surface area contributed by atoms with Crippen LogP contribution in [-0.4, -0.2) is 19.1 Å². The SMILES string of the molecule is Cc1c(-n2c3ccccc3c3cc(-c4ccnc(-c5ccccc5)c4)ccc32)ccc(-c2c(F)cccc2F)c1-n1c2ccccc2c2cc(-c3ccnc(-c4ccccc4)c3)ccc21. The van der Waals surface area contributed by atoms with Gasteiger partial charge in [0.15, 0.2) is 0 Å². The van der Waals surface area contributed by atoms with E-state index in [9.17, 15) is 0 Å². The monoisotopic (exact) mass is 840 g/mol. The molecule has 8 aromatic carbocycles. The van der Waals surface area contributed by atoms with E-state index in [1.54, 1.807) is 0 Å². The van der Waals surface area contributed by atoms with Crippen molar-refractivity contribution in [3.8, 4) is 67.3 Å². The molecule has 12 rings (SSSR count). The Bertz CT molecular complexity index is 3790. The summed E-state index contributed by atoms with van der Waals surface area (Å²) in [6.07, 6.45) is 3.72. The van der Waals surface area contributed by atoms with Crippen LogP contribution in [0.25, 0.3) is 111 Å². The predicted octanol–water partition coefficient (Wildman–Crippen LogP) is 15.6. The Morgan fingerprint density at radius 1 is 0.369 bits per heavy atom. The van der Waals surface area contributed by atoms with Crippen molar-refractivity contribution >= 4 is 43.6 Å². The molecular weight excluding hydrogens is 803 g/mol. The largest absolute Gasteiger partial charge is 0.309 e. The van der Waals surface area contributed by atoms with E-state index in [1.165, 1.54) is 18.2 Å². The first-order chi connectivity index (χ1) is 32.0. The van der Waals surface area contributed by atoms with Crippen LogP contribution >= 0.6 is 0 Å². The highest BCUT2D eigenvalue weighted by Crippen LogP contribution is 2.44. The second-order valence-corrected chi connectivity index (χ2v) is 16.5. The van der Waals surface area contributed by atoms with Crippen LogP contribution in [0.4, 0.5) is 8.78 Å². The van der Waals surface area contributed by atoms with Crippen LogP contribution in [0.5, 0.6) is 0 Å². The summed E-state index contributed by atoms with van der Waals surface area (Å²) in [5.41, 5.74) is 14.9. The van der Waals surface area contributed by atoms with E-state index in [4.69, 9.17) is 0 Å². The Kier molecular flexibility index (Phi) is 9.05. The number of nitrogens with zero attached hydrogens (tertiary/aromatic N) is 4. The van der Waals surface area contributed by atoms with Crippen LogP contribution < -0.4 is 0 Å². The summed E-state index contributed by atoms with van der Waals surface area (Å²) >= 11 is 0. The number of rotatable bonds is 7. The van der Waals surface area contributed by atoms with Gasteiger partial charge in [0, 0.05) is 50.6 Å². The van der Waals surface area contributed by atoms with Crippen LogP contribution in [0.1, 0.15) is 5.56 Å². The molecule has 308 valence electrons. The van der Waals surface area contributed by atoms with E-state index in [1.807, 2.05) is 79.1 Å². The molecule has 4 heterocycles. The van der Waals surface area contributed by atoms with Gasteiger partial charge in [0.05, 0.1) is 50.4 Å². The molecule has 0 radical (unpaired) electrons. The molecule has 6 heteroatoms. The van der Waals surface area contributed by atoms with Crippen molar-refractivity contribution in [1.29, 1.82) is 0 Å². The summed E-state index contributed by atoms with van der Waals surface area (Å²) in [5.74, 6) is -1.24. The van der Waals surface area contributed by atoms with Crippen LogP contribution in [0.2, 0.25) is 0 Å². The molecule has 0 saturated carbocycles. The van der Waals surface area contributed by atoms with Gasteiger partial charge in [0.2, 0.25) is 0 Å². The second kappa shape index (κ2) is 15.4. The maximum absolute atomic E-state index is 16.1. The lowest BCUT2D eigenvalue weighted by Gasteiger charge is -2.22. The molecule has 0 N–H and O–H groups in total. The molecule has 4 aromatic heterocycles. The first kappa shape index (κ1) is 38.2. The molecule has 0 atom stereocenters. The minimum atomic E-state index is -0.621. The molecule has 0 spiro atoms. The molecule has 65 heavy (non-hydrogen) atoms. The maximum atomic E-state index is 16.1. The Morgan fingerprint density at radius 3 is 1.38 bits per heavy atom. The fraction of sp³-hybridized carbons (Fsp3) is 0.0169. The van der Waals surface area contributed by atoms with Gasteiger partial charge in [-0.25, -0.2) is 8.78 Å². The fourth-order valence-electron chi connectivity index (χ4n) is 9.74. The lowest BCUT2D eigenvalue weighted by atomic mass is 9.97. The van der Waals surface area contributed by atoms with Crippen molar-refractivity contribution in [1.82, 2.24) is 19.1 Å². The van der Waals surface area contributed by atoms with Gasteiger partial charge in [-0.05, 0) is 120 Å². The first-order valence-corrected chi connectivity index (χ1v) is 21.7. The smallest absolute Gasteiger partial charge is 0.134 e. The molecule has 0 saturated heterocycles. The van der Waals surface area contributed by atoms with Crippen LogP contribution in [-0.2, 0) is 0 Å². The summed E-state index contributed by atoms with van der Waals surface area (Å²) in [5, 5.41) is 4.25. The number of halogens is 2. The summed E-state index contributed by atoms with van der Waals surface area (Å²) in [6.45, 7) is 2.07. The molecule has 0 fully saturated rings. The minimum Gasteiger partial charge on any atom is -0.309 e. The number of aromatic nitrogens is 4. The van der Waals surface area contributed by atoms with Gasteiger partial charge < -0.3 is 9.13 Å². The summed E-state index contributed by atoms with van der Waals surface area (Å²) in [7, 11) is 0. The van der Waals surface area contributed by atoms with E-state index in [0.29, 0.717) is 11.3 Å². The van der Waals surface area contributed by atoms with E-state index < -0.39 is 11.6 Å². The molecule has 0 unspecified atom stereocenters. The zero-order chi connectivity index (χ0) is 43.6. The fourth-order valence-corrected chi connectivity index (χ4v) is 9.74. The Labute approximate surface area is 374 Å². The second-order valence-electron chi connectivity index (χ2n) is 16.5. The maximum Gasteiger partial charge on any atom is 0.134 e. The summed E-state index contributed by atoms with van der Waals surface area (Å²) in [4.78, 5) is 9.37. The number of benzene rings is 8. The normalized spacial score (nSPS) is 11.6. The van der Waals surface area contributed by atoms with Crippen molar-refractivity contribution in [3.05, 3.63) is 230 Å². The summed E-state index contributed by atoms with van der Waals surface area (Å²) in [6, 6.07) is 66.5. The number of para-hydroxylation sites is 2. The van der Waals surface area contributed by atoms with Gasteiger partial charge in [-0.3, -0.25) is 9.97 Å². The van der Waals surface area contributed by atoms with Crippen LogP contribution in [0.15, 0.2) is 213 Å². The van der Waals surface area contributed by atoms with E-state index in [2.05, 4.69) is 141 Å². The molecule has 0 aliphatic heterocycles. The Morgan fingerprint density at radius 2 is 0.831 bits per heavy atom. The lowest BCUT2D eigenvalue weighted by molar-refractivity contribution is 0.589. The van der Waals surface area contributed by atoms with Gasteiger partial charge in [-0.1, -0.05) is 115 Å². The van der Waals surface area contributed by atoms with Gasteiger partial charge in [0.25, 0.3) is 0 Å². The van der Waals surface area contributed by atoms with E-state index in [-0.39, 0.29) is 5.56 Å². The van der Waals surface area contributed by atoms with Crippen LogP contribution in [0, 0.1) is 18.6 Å². The summed E-state index contributed by atoms with van der Waals surface area (Å²) < 4.78 is 36.8. The van der Waals surface area contributed by atoms with Crippen molar-refractivity contribution in [2.45, 2.75) is 6.92 Å². The van der Waals surface area contributed by atoms with Gasteiger partial charge in [-0.15, -0.1) is 0 Å². The average molecular weight is 841 g/mol. The Hall–Kier alpha value is -8.48. The van der Waals surface area contributed by atoms with Crippen molar-refractivity contribution in [3.63, 3.8) is 0 Å². The van der Waals surface area contributed by atoms with Crippen molar-refractivity contribution in [2.24, 2.45) is 0 Å². The van der Waals surface area contributed by atoms with E-state index >= 15 is 8.78 Å². The average Bonchev–Trinajstić information content (AvgIpc) is 3.86. The van der Waals surface area contributed by atoms with Gasteiger partial charge >= 0.3 is 0 Å². The number of fused-ring (bicyclic) bond motifs is 6. The molecule has 12 aromatic rings.